The molecule has 0 atom stereocenters. The third kappa shape index (κ3) is 6.21. The normalized spacial score (nSPS) is 12.7. The third-order valence-electron chi connectivity index (χ3n) is 13.3. The minimum absolute atomic E-state index is 0.193. The third-order valence-corrected chi connectivity index (χ3v) is 14.5. The fourth-order valence-corrected chi connectivity index (χ4v) is 11.3. The quantitative estimate of drug-likeness (QED) is 0.155. The Morgan fingerprint density at radius 2 is 0.841 bits per heavy atom. The van der Waals surface area contributed by atoms with Crippen LogP contribution in [0.4, 0.5) is 17.1 Å². The molecule has 2 heteroatoms. The number of nitrogens with zero attached hydrogens (tertiary/aromatic N) is 1. The van der Waals surface area contributed by atoms with Crippen molar-refractivity contribution < 1.29 is 0 Å². The largest absolute Gasteiger partial charge is 0.310 e. The van der Waals surface area contributed by atoms with Crippen LogP contribution in [0.1, 0.15) is 25.0 Å². The zero-order chi connectivity index (χ0) is 42.1. The van der Waals surface area contributed by atoms with Gasteiger partial charge in [-0.3, -0.25) is 0 Å². The summed E-state index contributed by atoms with van der Waals surface area (Å²) < 4.78 is 2.65. The number of rotatable bonds is 7. The zero-order valence-electron chi connectivity index (χ0n) is 35.2. The zero-order valence-corrected chi connectivity index (χ0v) is 36.0. The van der Waals surface area contributed by atoms with Gasteiger partial charge in [0, 0.05) is 42.3 Å². The predicted molar refractivity (Wildman–Crippen MR) is 271 cm³/mol. The van der Waals surface area contributed by atoms with E-state index in [0.29, 0.717) is 0 Å². The van der Waals surface area contributed by atoms with Crippen LogP contribution in [-0.2, 0) is 5.41 Å². The molecule has 1 aliphatic carbocycles. The van der Waals surface area contributed by atoms with Crippen molar-refractivity contribution in [2.75, 3.05) is 4.90 Å². The Kier molecular flexibility index (Phi) is 8.77. The maximum absolute atomic E-state index is 2.48. The SMILES string of the molecule is CC1(C)c2cc(-c3ccccc3)ccc2-c2ccc(N(c3ccc(-c4cccc5c4sc4ccccc45)cc3)c3ccc(-c4ccc(-c5ccccc5)cc4)c4ccccc34)cc21. The van der Waals surface area contributed by atoms with Crippen LogP contribution in [0, 0.1) is 0 Å². The van der Waals surface area contributed by atoms with Gasteiger partial charge in [0.1, 0.15) is 0 Å². The van der Waals surface area contributed by atoms with Crippen LogP contribution in [0.2, 0.25) is 0 Å². The minimum Gasteiger partial charge on any atom is -0.310 e. The minimum atomic E-state index is -0.193. The second kappa shape index (κ2) is 14.8. The molecule has 0 saturated heterocycles. The van der Waals surface area contributed by atoms with Crippen molar-refractivity contribution in [2.45, 2.75) is 19.3 Å². The second-order valence-electron chi connectivity index (χ2n) is 17.3. The summed E-state index contributed by atoms with van der Waals surface area (Å²) in [6, 6.07) is 82.8. The summed E-state index contributed by atoms with van der Waals surface area (Å²) in [5.41, 5.74) is 18.4. The first-order valence-electron chi connectivity index (χ1n) is 21.8. The molecule has 0 radical (unpaired) electrons. The fraction of sp³-hybridized carbons (Fsp3) is 0.0492. The van der Waals surface area contributed by atoms with Crippen molar-refractivity contribution >= 4 is 59.3 Å². The van der Waals surface area contributed by atoms with Gasteiger partial charge < -0.3 is 4.90 Å². The van der Waals surface area contributed by atoms with Crippen LogP contribution in [0.25, 0.3) is 86.6 Å². The molecule has 0 spiro atoms. The maximum atomic E-state index is 2.48. The van der Waals surface area contributed by atoms with Gasteiger partial charge in [0.2, 0.25) is 0 Å². The van der Waals surface area contributed by atoms with E-state index in [9.17, 15) is 0 Å². The van der Waals surface area contributed by atoms with Gasteiger partial charge in [-0.05, 0) is 115 Å². The first-order valence-corrected chi connectivity index (χ1v) is 22.6. The Hall–Kier alpha value is -7.52. The first kappa shape index (κ1) is 37.3. The lowest BCUT2D eigenvalue weighted by molar-refractivity contribution is 0.660. The van der Waals surface area contributed by atoms with E-state index in [-0.39, 0.29) is 5.41 Å². The van der Waals surface area contributed by atoms with Gasteiger partial charge in [-0.25, -0.2) is 0 Å². The van der Waals surface area contributed by atoms with Crippen LogP contribution in [-0.4, -0.2) is 0 Å². The molecule has 0 bridgehead atoms. The smallest absolute Gasteiger partial charge is 0.0540 e. The number of hydrogen-bond acceptors (Lipinski definition) is 2. The van der Waals surface area contributed by atoms with E-state index in [1.807, 2.05) is 11.3 Å². The highest BCUT2D eigenvalue weighted by atomic mass is 32.1. The van der Waals surface area contributed by atoms with Gasteiger partial charge >= 0.3 is 0 Å². The number of benzene rings is 10. The van der Waals surface area contributed by atoms with E-state index in [1.165, 1.54) is 97.7 Å². The molecule has 12 rings (SSSR count). The van der Waals surface area contributed by atoms with Gasteiger partial charge in [0.05, 0.1) is 5.69 Å². The summed E-state index contributed by atoms with van der Waals surface area (Å²) in [7, 11) is 0. The molecule has 0 saturated carbocycles. The summed E-state index contributed by atoms with van der Waals surface area (Å²) in [6.45, 7) is 4.77. The summed E-state index contributed by atoms with van der Waals surface area (Å²) in [5, 5.41) is 5.07. The van der Waals surface area contributed by atoms with Gasteiger partial charge in [-0.2, -0.15) is 0 Å². The number of fused-ring (bicyclic) bond motifs is 7. The number of thiophene rings is 1. The Balaban J connectivity index is 1.00. The predicted octanol–water partition coefficient (Wildman–Crippen LogP) is 17.7. The highest BCUT2D eigenvalue weighted by molar-refractivity contribution is 7.26. The highest BCUT2D eigenvalue weighted by Crippen LogP contribution is 2.52. The Morgan fingerprint density at radius 1 is 0.333 bits per heavy atom. The topological polar surface area (TPSA) is 3.24 Å². The average molecular weight is 822 g/mol. The fourth-order valence-electron chi connectivity index (χ4n) is 10.1. The van der Waals surface area contributed by atoms with Crippen molar-refractivity contribution in [2.24, 2.45) is 0 Å². The summed E-state index contributed by atoms with van der Waals surface area (Å²) in [6.07, 6.45) is 0. The number of anilines is 3. The molecule has 0 N–H and O–H groups in total. The van der Waals surface area contributed by atoms with E-state index in [2.05, 4.69) is 243 Å². The second-order valence-corrected chi connectivity index (χ2v) is 18.3. The van der Waals surface area contributed by atoms with Crippen LogP contribution in [0.15, 0.2) is 224 Å². The van der Waals surface area contributed by atoms with Crippen molar-refractivity contribution in [1.29, 1.82) is 0 Å². The Bertz CT molecular complexity index is 3510. The summed E-state index contributed by atoms with van der Waals surface area (Å²) in [4.78, 5) is 2.48. The Morgan fingerprint density at radius 3 is 1.59 bits per heavy atom. The molecular formula is C61H43NS. The number of hydrogen-bond donors (Lipinski definition) is 0. The molecule has 0 amide bonds. The molecule has 63 heavy (non-hydrogen) atoms. The summed E-state index contributed by atoms with van der Waals surface area (Å²) >= 11 is 1.88. The van der Waals surface area contributed by atoms with E-state index in [4.69, 9.17) is 0 Å². The van der Waals surface area contributed by atoms with Gasteiger partial charge in [-0.15, -0.1) is 11.3 Å². The van der Waals surface area contributed by atoms with Crippen LogP contribution in [0.5, 0.6) is 0 Å². The molecule has 1 nitrogen and oxygen atoms in total. The molecule has 0 unspecified atom stereocenters. The lowest BCUT2D eigenvalue weighted by atomic mass is 9.81. The monoisotopic (exact) mass is 821 g/mol. The van der Waals surface area contributed by atoms with E-state index < -0.39 is 0 Å². The maximum Gasteiger partial charge on any atom is 0.0540 e. The standard InChI is InChI=1S/C61H43NS/c1-61(2)56-38-45(41-16-7-4-8-17-41)30-34-51(56)52-35-33-47(39-57(52)61)62(46-31-28-44(29-32-46)49-21-13-22-55-54-20-11-12-23-59(54)63-60(49)55)58-37-36-48(50-18-9-10-19-53(50)58)43-26-24-42(25-27-43)40-14-5-3-6-15-40/h3-39H,1-2H3. The average Bonchev–Trinajstić information content (AvgIpc) is 3.84. The van der Waals surface area contributed by atoms with Crippen molar-refractivity contribution in [3.63, 3.8) is 0 Å². The van der Waals surface area contributed by atoms with Gasteiger partial charge in [0.15, 0.2) is 0 Å². The lowest BCUT2D eigenvalue weighted by Crippen LogP contribution is -2.17. The van der Waals surface area contributed by atoms with Gasteiger partial charge in [0.25, 0.3) is 0 Å². The van der Waals surface area contributed by atoms with Crippen LogP contribution in [0.3, 0.4) is 0 Å². The molecule has 0 fully saturated rings. The lowest BCUT2D eigenvalue weighted by Gasteiger charge is -2.29. The first-order chi connectivity index (χ1) is 31.0. The van der Waals surface area contributed by atoms with E-state index in [0.717, 1.165) is 17.1 Å². The molecule has 298 valence electrons. The van der Waals surface area contributed by atoms with Crippen molar-refractivity contribution in [1.82, 2.24) is 0 Å². The highest BCUT2D eigenvalue weighted by Gasteiger charge is 2.36. The van der Waals surface area contributed by atoms with Gasteiger partial charge in [-0.1, -0.05) is 196 Å². The molecule has 1 heterocycles. The molecule has 1 aliphatic rings. The van der Waals surface area contributed by atoms with Crippen molar-refractivity contribution in [3.8, 4) is 55.6 Å². The van der Waals surface area contributed by atoms with Crippen LogP contribution >= 0.6 is 11.3 Å². The van der Waals surface area contributed by atoms with E-state index in [1.54, 1.807) is 0 Å². The van der Waals surface area contributed by atoms with E-state index >= 15 is 0 Å². The molecule has 1 aromatic heterocycles. The molecule has 0 aliphatic heterocycles. The summed E-state index contributed by atoms with van der Waals surface area (Å²) in [5.74, 6) is 0. The van der Waals surface area contributed by atoms with Crippen LogP contribution < -0.4 is 4.90 Å². The molecule has 10 aromatic carbocycles. The van der Waals surface area contributed by atoms with Crippen molar-refractivity contribution in [3.05, 3.63) is 236 Å². The molecule has 11 aromatic rings. The Labute approximate surface area is 372 Å². The molecular weight excluding hydrogens is 779 g/mol.